The maximum absolute atomic E-state index is 12.8. The zero-order valence-electron chi connectivity index (χ0n) is 15.4. The van der Waals surface area contributed by atoms with Crippen LogP contribution in [0.3, 0.4) is 0 Å². The van der Waals surface area contributed by atoms with Crippen LogP contribution in [0.1, 0.15) is 31.2 Å². The fourth-order valence-electron chi connectivity index (χ4n) is 3.96. The number of hydrogen-bond donors (Lipinski definition) is 2. The van der Waals surface area contributed by atoms with Crippen molar-refractivity contribution in [3.05, 3.63) is 30.1 Å². The van der Waals surface area contributed by atoms with Gasteiger partial charge in [-0.2, -0.15) is 0 Å². The van der Waals surface area contributed by atoms with Gasteiger partial charge >= 0.3 is 6.03 Å². The van der Waals surface area contributed by atoms with Gasteiger partial charge < -0.3 is 20.3 Å². The standard InChI is InChI=1S/C19H28N4O3/c1-26-10-4-9-21-18(25)23-13-16(19(14-23)6-3-7-19)17(24)22-12-15-5-2-8-20-11-15/h2,5,8,11,16H,3-4,6-7,9-10,12-14H2,1H3,(H,21,25)(H,22,24). The van der Waals surface area contributed by atoms with Crippen LogP contribution >= 0.6 is 0 Å². The smallest absolute Gasteiger partial charge is 0.317 e. The Bertz CT molecular complexity index is 618. The molecule has 2 fully saturated rings. The first-order valence-electron chi connectivity index (χ1n) is 9.33. The minimum atomic E-state index is -0.127. The van der Waals surface area contributed by atoms with Crippen LogP contribution in [0, 0.1) is 11.3 Å². The van der Waals surface area contributed by atoms with Gasteiger partial charge in [-0.3, -0.25) is 9.78 Å². The van der Waals surface area contributed by atoms with Crippen molar-refractivity contribution in [3.8, 4) is 0 Å². The molecule has 2 heterocycles. The summed E-state index contributed by atoms with van der Waals surface area (Å²) in [6, 6.07) is 3.73. The number of pyridine rings is 1. The van der Waals surface area contributed by atoms with Crippen LogP contribution in [0.2, 0.25) is 0 Å². The van der Waals surface area contributed by atoms with Crippen molar-refractivity contribution in [3.63, 3.8) is 0 Å². The van der Waals surface area contributed by atoms with Crippen molar-refractivity contribution in [1.82, 2.24) is 20.5 Å². The van der Waals surface area contributed by atoms with Gasteiger partial charge in [-0.1, -0.05) is 12.5 Å². The molecule has 1 aromatic rings. The molecule has 1 spiro atoms. The molecular weight excluding hydrogens is 332 g/mol. The van der Waals surface area contributed by atoms with Crippen molar-refractivity contribution >= 4 is 11.9 Å². The topological polar surface area (TPSA) is 83.6 Å². The molecule has 3 rings (SSSR count). The summed E-state index contributed by atoms with van der Waals surface area (Å²) in [6.07, 6.45) is 7.44. The van der Waals surface area contributed by atoms with Crippen molar-refractivity contribution in [2.24, 2.45) is 11.3 Å². The van der Waals surface area contributed by atoms with Crippen molar-refractivity contribution < 1.29 is 14.3 Å². The second kappa shape index (κ2) is 8.49. The number of carbonyl (C=O) groups is 2. The Kier molecular flexibility index (Phi) is 6.08. The molecule has 142 valence electrons. The van der Waals surface area contributed by atoms with Crippen LogP contribution in [-0.2, 0) is 16.1 Å². The second-order valence-corrected chi connectivity index (χ2v) is 7.31. The molecular formula is C19H28N4O3. The highest BCUT2D eigenvalue weighted by Gasteiger charge is 2.54. The normalized spacial score (nSPS) is 20.7. The van der Waals surface area contributed by atoms with E-state index in [1.165, 1.54) is 0 Å². The zero-order chi connectivity index (χ0) is 18.4. The number of ether oxygens (including phenoxy) is 1. The van der Waals surface area contributed by atoms with E-state index in [-0.39, 0.29) is 23.3 Å². The minimum Gasteiger partial charge on any atom is -0.385 e. The number of rotatable bonds is 7. The van der Waals surface area contributed by atoms with E-state index in [1.54, 1.807) is 24.4 Å². The molecule has 2 N–H and O–H groups in total. The third-order valence-electron chi connectivity index (χ3n) is 5.59. The van der Waals surface area contributed by atoms with Gasteiger partial charge in [0.15, 0.2) is 0 Å². The molecule has 1 aliphatic carbocycles. The van der Waals surface area contributed by atoms with Crippen LogP contribution in [0.15, 0.2) is 24.5 Å². The Balaban J connectivity index is 1.54. The number of carbonyl (C=O) groups excluding carboxylic acids is 2. The minimum absolute atomic E-state index is 0.0388. The molecule has 1 saturated heterocycles. The molecule has 0 bridgehead atoms. The Morgan fingerprint density at radius 1 is 1.38 bits per heavy atom. The van der Waals surface area contributed by atoms with E-state index in [4.69, 9.17) is 4.74 Å². The van der Waals surface area contributed by atoms with Gasteiger partial charge in [-0.25, -0.2) is 4.79 Å². The van der Waals surface area contributed by atoms with Gasteiger partial charge in [0.1, 0.15) is 0 Å². The highest BCUT2D eigenvalue weighted by atomic mass is 16.5. The summed E-state index contributed by atoms with van der Waals surface area (Å²) in [6.45, 7) is 2.86. The van der Waals surface area contributed by atoms with Gasteiger partial charge in [0.2, 0.25) is 5.91 Å². The second-order valence-electron chi connectivity index (χ2n) is 7.31. The van der Waals surface area contributed by atoms with E-state index in [9.17, 15) is 9.59 Å². The average molecular weight is 360 g/mol. The molecule has 0 aromatic carbocycles. The third kappa shape index (κ3) is 4.15. The fourth-order valence-corrected chi connectivity index (χ4v) is 3.96. The Labute approximate surface area is 154 Å². The third-order valence-corrected chi connectivity index (χ3v) is 5.59. The van der Waals surface area contributed by atoms with Crippen LogP contribution in [0.25, 0.3) is 0 Å². The number of likely N-dealkylation sites (tertiary alicyclic amines) is 1. The maximum atomic E-state index is 12.8. The summed E-state index contributed by atoms with van der Waals surface area (Å²) in [4.78, 5) is 31.1. The molecule has 1 aromatic heterocycles. The summed E-state index contributed by atoms with van der Waals surface area (Å²) in [5.74, 6) is -0.0825. The van der Waals surface area contributed by atoms with E-state index in [0.29, 0.717) is 32.8 Å². The van der Waals surface area contributed by atoms with E-state index in [2.05, 4.69) is 15.6 Å². The monoisotopic (exact) mass is 360 g/mol. The number of amides is 3. The van der Waals surface area contributed by atoms with Crippen molar-refractivity contribution in [2.45, 2.75) is 32.2 Å². The fraction of sp³-hybridized carbons (Fsp3) is 0.632. The number of aromatic nitrogens is 1. The maximum Gasteiger partial charge on any atom is 0.317 e. The summed E-state index contributed by atoms with van der Waals surface area (Å²) in [5.41, 5.74) is 0.942. The molecule has 1 atom stereocenters. The highest BCUT2D eigenvalue weighted by Crippen LogP contribution is 2.51. The van der Waals surface area contributed by atoms with Gasteiger partial charge in [0.05, 0.1) is 5.92 Å². The molecule has 26 heavy (non-hydrogen) atoms. The lowest BCUT2D eigenvalue weighted by Crippen LogP contribution is -2.45. The summed E-state index contributed by atoms with van der Waals surface area (Å²) < 4.78 is 5.00. The quantitative estimate of drug-likeness (QED) is 0.723. The van der Waals surface area contributed by atoms with Crippen molar-refractivity contribution in [1.29, 1.82) is 0 Å². The number of nitrogens with zero attached hydrogens (tertiary/aromatic N) is 2. The number of methoxy groups -OCH3 is 1. The van der Waals surface area contributed by atoms with E-state index in [0.717, 1.165) is 31.2 Å². The van der Waals surface area contributed by atoms with Crippen LogP contribution in [0.4, 0.5) is 4.79 Å². The predicted octanol–water partition coefficient (Wildman–Crippen LogP) is 1.55. The molecule has 2 aliphatic rings. The first-order valence-corrected chi connectivity index (χ1v) is 9.33. The van der Waals surface area contributed by atoms with Crippen LogP contribution < -0.4 is 10.6 Å². The molecule has 1 unspecified atom stereocenters. The lowest BCUT2D eigenvalue weighted by atomic mass is 9.62. The number of urea groups is 1. The van der Waals surface area contributed by atoms with E-state index < -0.39 is 0 Å². The molecule has 1 saturated carbocycles. The average Bonchev–Trinajstić information content (AvgIpc) is 3.06. The summed E-state index contributed by atoms with van der Waals surface area (Å²) in [7, 11) is 1.65. The number of nitrogens with one attached hydrogen (secondary N) is 2. The Hall–Kier alpha value is -2.15. The Morgan fingerprint density at radius 3 is 2.88 bits per heavy atom. The molecule has 7 nitrogen and oxygen atoms in total. The van der Waals surface area contributed by atoms with Crippen LogP contribution in [-0.4, -0.2) is 55.2 Å². The molecule has 0 radical (unpaired) electrons. The number of hydrogen-bond acceptors (Lipinski definition) is 4. The molecule has 7 heteroatoms. The van der Waals surface area contributed by atoms with E-state index >= 15 is 0 Å². The summed E-state index contributed by atoms with van der Waals surface area (Å²) in [5, 5.41) is 5.96. The molecule has 3 amide bonds. The lowest BCUT2D eigenvalue weighted by Gasteiger charge is -2.41. The van der Waals surface area contributed by atoms with Crippen LogP contribution in [0.5, 0.6) is 0 Å². The van der Waals surface area contributed by atoms with Crippen molar-refractivity contribution in [2.75, 3.05) is 33.4 Å². The summed E-state index contributed by atoms with van der Waals surface area (Å²) >= 11 is 0. The lowest BCUT2D eigenvalue weighted by molar-refractivity contribution is -0.129. The highest BCUT2D eigenvalue weighted by molar-refractivity contribution is 5.82. The first kappa shape index (κ1) is 18.6. The predicted molar refractivity (Wildman–Crippen MR) is 97.3 cm³/mol. The first-order chi connectivity index (χ1) is 12.6. The van der Waals surface area contributed by atoms with Gasteiger partial charge in [-0.15, -0.1) is 0 Å². The van der Waals surface area contributed by atoms with Gasteiger partial charge in [-0.05, 0) is 30.9 Å². The zero-order valence-corrected chi connectivity index (χ0v) is 15.4. The Morgan fingerprint density at radius 2 is 2.23 bits per heavy atom. The van der Waals surface area contributed by atoms with Gasteiger partial charge in [0.25, 0.3) is 0 Å². The molecule has 1 aliphatic heterocycles. The SMILES string of the molecule is COCCCNC(=O)N1CC(C(=O)NCc2cccnc2)C2(CCC2)C1. The largest absolute Gasteiger partial charge is 0.385 e. The van der Waals surface area contributed by atoms with Gasteiger partial charge in [0, 0.05) is 57.7 Å². The van der Waals surface area contributed by atoms with E-state index in [1.807, 2.05) is 12.1 Å².